The van der Waals surface area contributed by atoms with Gasteiger partial charge >= 0.3 is 6.03 Å². The van der Waals surface area contributed by atoms with Crippen molar-refractivity contribution < 1.29 is 9.90 Å². The van der Waals surface area contributed by atoms with Crippen LogP contribution in [-0.2, 0) is 12.8 Å². The van der Waals surface area contributed by atoms with Crippen LogP contribution in [0, 0.1) is 6.92 Å². The molecule has 0 spiro atoms. The number of aryl methyl sites for hydroxylation is 1. The maximum absolute atomic E-state index is 11.9. The summed E-state index contributed by atoms with van der Waals surface area (Å²) >= 11 is 1.75. The van der Waals surface area contributed by atoms with Crippen LogP contribution in [0.3, 0.4) is 0 Å². The Morgan fingerprint density at radius 2 is 1.91 bits per heavy atom. The standard InChI is InChI=1S/C18H24N2O2S/c1-13(10-17-9-8-14(2)23-17)20-18(22)19-12-16(21)11-15-6-4-3-5-7-15/h3-9,13,16,21H,10-12H2,1-2H3,(H2,19,20,22). The molecule has 0 aliphatic heterocycles. The van der Waals surface area contributed by atoms with Crippen LogP contribution >= 0.6 is 11.3 Å². The van der Waals surface area contributed by atoms with Gasteiger partial charge in [-0.25, -0.2) is 4.79 Å². The SMILES string of the molecule is Cc1ccc(CC(C)NC(=O)NCC(O)Cc2ccccc2)s1. The molecule has 2 amide bonds. The molecule has 0 radical (unpaired) electrons. The van der Waals surface area contributed by atoms with Gasteiger partial charge in [0, 0.05) is 35.2 Å². The molecule has 0 aliphatic carbocycles. The Morgan fingerprint density at radius 1 is 1.17 bits per heavy atom. The first-order chi connectivity index (χ1) is 11.0. The third kappa shape index (κ3) is 6.42. The molecule has 2 atom stereocenters. The highest BCUT2D eigenvalue weighted by Crippen LogP contribution is 2.16. The van der Waals surface area contributed by atoms with Crippen LogP contribution in [-0.4, -0.2) is 29.8 Å². The molecular weight excluding hydrogens is 308 g/mol. The van der Waals surface area contributed by atoms with Gasteiger partial charge in [-0.15, -0.1) is 11.3 Å². The summed E-state index contributed by atoms with van der Waals surface area (Å²) in [6.45, 7) is 4.30. The maximum Gasteiger partial charge on any atom is 0.315 e. The molecule has 2 unspecified atom stereocenters. The highest BCUT2D eigenvalue weighted by Gasteiger charge is 2.11. The molecule has 2 aromatic rings. The molecule has 0 aliphatic rings. The fourth-order valence-corrected chi connectivity index (χ4v) is 3.41. The lowest BCUT2D eigenvalue weighted by molar-refractivity contribution is 0.170. The molecule has 0 fully saturated rings. The lowest BCUT2D eigenvalue weighted by atomic mass is 10.1. The molecule has 1 aromatic heterocycles. The number of benzene rings is 1. The van der Waals surface area contributed by atoms with E-state index in [-0.39, 0.29) is 18.6 Å². The molecule has 0 saturated heterocycles. The van der Waals surface area contributed by atoms with Gasteiger partial charge in [-0.1, -0.05) is 30.3 Å². The van der Waals surface area contributed by atoms with Gasteiger partial charge in [-0.05, 0) is 31.5 Å². The first-order valence-corrected chi connectivity index (χ1v) is 8.66. The van der Waals surface area contributed by atoms with Gasteiger partial charge in [0.1, 0.15) is 0 Å². The molecule has 1 heterocycles. The number of carbonyl (C=O) groups excluding carboxylic acids is 1. The number of urea groups is 1. The van der Waals surface area contributed by atoms with E-state index >= 15 is 0 Å². The van der Waals surface area contributed by atoms with Crippen LogP contribution in [0.2, 0.25) is 0 Å². The van der Waals surface area contributed by atoms with Crippen molar-refractivity contribution in [2.24, 2.45) is 0 Å². The van der Waals surface area contributed by atoms with E-state index in [4.69, 9.17) is 0 Å². The van der Waals surface area contributed by atoms with E-state index < -0.39 is 6.10 Å². The number of hydrogen-bond acceptors (Lipinski definition) is 3. The maximum atomic E-state index is 11.9. The quantitative estimate of drug-likeness (QED) is 0.730. The smallest absolute Gasteiger partial charge is 0.315 e. The van der Waals surface area contributed by atoms with Crippen molar-refractivity contribution in [3.8, 4) is 0 Å². The molecule has 0 bridgehead atoms. The zero-order valence-corrected chi connectivity index (χ0v) is 14.4. The van der Waals surface area contributed by atoms with Crippen LogP contribution in [0.25, 0.3) is 0 Å². The van der Waals surface area contributed by atoms with Crippen LogP contribution in [0.1, 0.15) is 22.2 Å². The van der Waals surface area contributed by atoms with Gasteiger partial charge in [0.2, 0.25) is 0 Å². The van der Waals surface area contributed by atoms with E-state index in [2.05, 4.69) is 29.7 Å². The number of hydrogen-bond donors (Lipinski definition) is 3. The van der Waals surface area contributed by atoms with Crippen LogP contribution < -0.4 is 10.6 Å². The Labute approximate surface area is 141 Å². The lowest BCUT2D eigenvalue weighted by Crippen LogP contribution is -2.44. The Hall–Kier alpha value is -1.85. The van der Waals surface area contributed by atoms with Gasteiger partial charge in [0.05, 0.1) is 6.10 Å². The number of aliphatic hydroxyl groups is 1. The average molecular weight is 332 g/mol. The number of thiophene rings is 1. The Morgan fingerprint density at radius 3 is 2.57 bits per heavy atom. The summed E-state index contributed by atoms with van der Waals surface area (Å²) in [4.78, 5) is 14.4. The number of amides is 2. The molecule has 3 N–H and O–H groups in total. The van der Waals surface area contributed by atoms with Crippen molar-refractivity contribution in [3.05, 3.63) is 57.8 Å². The first kappa shape index (κ1) is 17.5. The zero-order valence-electron chi connectivity index (χ0n) is 13.6. The second-order valence-corrected chi connectivity index (χ2v) is 7.19. The van der Waals surface area contributed by atoms with E-state index in [0.29, 0.717) is 6.42 Å². The van der Waals surface area contributed by atoms with E-state index in [0.717, 1.165) is 12.0 Å². The zero-order chi connectivity index (χ0) is 16.7. The largest absolute Gasteiger partial charge is 0.391 e. The van der Waals surface area contributed by atoms with Gasteiger partial charge in [0.15, 0.2) is 0 Å². The highest BCUT2D eigenvalue weighted by molar-refractivity contribution is 7.11. The molecule has 1 aromatic carbocycles. The predicted molar refractivity (Wildman–Crippen MR) is 94.9 cm³/mol. The van der Waals surface area contributed by atoms with Crippen molar-refractivity contribution in [2.45, 2.75) is 38.8 Å². The number of rotatable bonds is 7. The highest BCUT2D eigenvalue weighted by atomic mass is 32.1. The Balaban J connectivity index is 1.68. The molecular formula is C18H24N2O2S. The van der Waals surface area contributed by atoms with Crippen LogP contribution in [0.5, 0.6) is 0 Å². The summed E-state index contributed by atoms with van der Waals surface area (Å²) < 4.78 is 0. The summed E-state index contributed by atoms with van der Waals surface area (Å²) in [6, 6.07) is 13.8. The Bertz CT molecular complexity index is 612. The van der Waals surface area contributed by atoms with Gasteiger partial charge in [-0.3, -0.25) is 0 Å². The van der Waals surface area contributed by atoms with Gasteiger partial charge in [0.25, 0.3) is 0 Å². The van der Waals surface area contributed by atoms with E-state index in [1.807, 2.05) is 37.3 Å². The fraction of sp³-hybridized carbons (Fsp3) is 0.389. The molecule has 5 heteroatoms. The van der Waals surface area contributed by atoms with E-state index in [1.54, 1.807) is 11.3 Å². The van der Waals surface area contributed by atoms with E-state index in [1.165, 1.54) is 9.75 Å². The third-order valence-electron chi connectivity index (χ3n) is 3.49. The van der Waals surface area contributed by atoms with Crippen molar-refractivity contribution in [2.75, 3.05) is 6.54 Å². The molecule has 0 saturated carbocycles. The lowest BCUT2D eigenvalue weighted by Gasteiger charge is -2.16. The summed E-state index contributed by atoms with van der Waals surface area (Å²) in [6.07, 6.45) is 0.766. The second-order valence-electron chi connectivity index (χ2n) is 5.82. The van der Waals surface area contributed by atoms with Crippen LogP contribution in [0.15, 0.2) is 42.5 Å². The monoisotopic (exact) mass is 332 g/mol. The van der Waals surface area contributed by atoms with Gasteiger partial charge < -0.3 is 15.7 Å². The summed E-state index contributed by atoms with van der Waals surface area (Å²) in [5, 5.41) is 15.6. The molecule has 2 rings (SSSR count). The third-order valence-corrected chi connectivity index (χ3v) is 4.52. The number of nitrogens with one attached hydrogen (secondary N) is 2. The average Bonchev–Trinajstić information content (AvgIpc) is 2.91. The van der Waals surface area contributed by atoms with E-state index in [9.17, 15) is 9.90 Å². The summed E-state index contributed by atoms with van der Waals surface area (Å²) in [5.74, 6) is 0. The van der Waals surface area contributed by atoms with Crippen molar-refractivity contribution in [1.29, 1.82) is 0 Å². The Kier molecular flexibility index (Phi) is 6.62. The summed E-state index contributed by atoms with van der Waals surface area (Å²) in [7, 11) is 0. The number of aliphatic hydroxyl groups excluding tert-OH is 1. The minimum atomic E-state index is -0.585. The van der Waals surface area contributed by atoms with Crippen LogP contribution in [0.4, 0.5) is 4.79 Å². The normalized spacial score (nSPS) is 13.3. The minimum absolute atomic E-state index is 0.0549. The number of carbonyl (C=O) groups is 1. The van der Waals surface area contributed by atoms with Gasteiger partial charge in [-0.2, -0.15) is 0 Å². The molecule has 124 valence electrons. The predicted octanol–water partition coefficient (Wildman–Crippen LogP) is 2.89. The van der Waals surface area contributed by atoms with Crippen molar-refractivity contribution in [3.63, 3.8) is 0 Å². The molecule has 4 nitrogen and oxygen atoms in total. The fourth-order valence-electron chi connectivity index (χ4n) is 2.39. The summed E-state index contributed by atoms with van der Waals surface area (Å²) in [5.41, 5.74) is 1.06. The van der Waals surface area contributed by atoms with Crippen molar-refractivity contribution in [1.82, 2.24) is 10.6 Å². The van der Waals surface area contributed by atoms with Crippen molar-refractivity contribution >= 4 is 17.4 Å². The first-order valence-electron chi connectivity index (χ1n) is 7.84. The second kappa shape index (κ2) is 8.70. The molecule has 23 heavy (non-hydrogen) atoms. The topological polar surface area (TPSA) is 61.4 Å². The minimum Gasteiger partial charge on any atom is -0.391 e.